The molecule has 0 atom stereocenters. The van der Waals surface area contributed by atoms with E-state index in [9.17, 15) is 4.79 Å². The van der Waals surface area contributed by atoms with Gasteiger partial charge in [-0.2, -0.15) is 0 Å². The Bertz CT molecular complexity index is 254. The summed E-state index contributed by atoms with van der Waals surface area (Å²) in [6.07, 6.45) is 3.87. The zero-order chi connectivity index (χ0) is 7.40. The minimum Gasteiger partial charge on any atom is -0.299 e. The molecular formula is C6H6N2OS. The van der Waals surface area contributed by atoms with Crippen molar-refractivity contribution in [2.24, 2.45) is 0 Å². The Morgan fingerprint density at radius 3 is 2.90 bits per heavy atom. The summed E-state index contributed by atoms with van der Waals surface area (Å²) in [4.78, 5) is 10.8. The first-order valence-corrected chi connectivity index (χ1v) is 3.52. The van der Waals surface area contributed by atoms with Crippen LogP contribution in [0.5, 0.6) is 0 Å². The number of aryl methyl sites for hydroxylation is 1. The van der Waals surface area contributed by atoms with Crippen LogP contribution in [0.15, 0.2) is 6.08 Å². The van der Waals surface area contributed by atoms with Crippen LogP contribution in [0.4, 0.5) is 0 Å². The van der Waals surface area contributed by atoms with E-state index in [0.29, 0.717) is 0 Å². The number of aromatic nitrogens is 2. The average Bonchev–Trinajstić information content (AvgIpc) is 2.31. The summed E-state index contributed by atoms with van der Waals surface area (Å²) in [5.41, 5.74) is 0.864. The van der Waals surface area contributed by atoms with Crippen LogP contribution in [0.1, 0.15) is 10.6 Å². The molecule has 0 aliphatic heterocycles. The second kappa shape index (κ2) is 3.22. The Kier molecular flexibility index (Phi) is 2.28. The fraction of sp³-hybridized carbons (Fsp3) is 0.167. The number of hydrogen-bond acceptors (Lipinski definition) is 4. The molecule has 0 aliphatic carbocycles. The molecule has 52 valence electrons. The van der Waals surface area contributed by atoms with Gasteiger partial charge in [0.15, 0.2) is 0 Å². The Morgan fingerprint density at radius 1 is 1.60 bits per heavy atom. The van der Waals surface area contributed by atoms with E-state index >= 15 is 0 Å². The Balaban J connectivity index is 2.83. The monoisotopic (exact) mass is 154 g/mol. The fourth-order valence-corrected chi connectivity index (χ4v) is 1.08. The van der Waals surface area contributed by atoms with E-state index in [1.807, 2.05) is 6.92 Å². The maximum absolute atomic E-state index is 9.89. The van der Waals surface area contributed by atoms with Gasteiger partial charge in [-0.3, -0.25) is 4.79 Å². The van der Waals surface area contributed by atoms with Gasteiger partial charge in [0.05, 0.1) is 10.6 Å². The third kappa shape index (κ3) is 1.48. The second-order valence-electron chi connectivity index (χ2n) is 1.72. The number of aldehydes is 1. The quantitative estimate of drug-likeness (QED) is 0.472. The largest absolute Gasteiger partial charge is 0.299 e. The summed E-state index contributed by atoms with van der Waals surface area (Å²) in [6, 6.07) is 0. The summed E-state index contributed by atoms with van der Waals surface area (Å²) in [5.74, 6) is 0. The van der Waals surface area contributed by atoms with Gasteiger partial charge < -0.3 is 0 Å². The zero-order valence-corrected chi connectivity index (χ0v) is 6.26. The van der Waals surface area contributed by atoms with Gasteiger partial charge in [-0.15, -0.1) is 5.10 Å². The van der Waals surface area contributed by atoms with Crippen LogP contribution in [0, 0.1) is 6.92 Å². The zero-order valence-electron chi connectivity index (χ0n) is 5.44. The van der Waals surface area contributed by atoms with Crippen molar-refractivity contribution in [3.05, 3.63) is 16.6 Å². The van der Waals surface area contributed by atoms with Crippen LogP contribution in [0.3, 0.4) is 0 Å². The SMILES string of the molecule is Cc1nnsc1/C=C/C=O. The molecule has 1 heterocycles. The van der Waals surface area contributed by atoms with Gasteiger partial charge in [-0.1, -0.05) is 4.49 Å². The van der Waals surface area contributed by atoms with Crippen molar-refractivity contribution < 1.29 is 4.79 Å². The molecular weight excluding hydrogens is 148 g/mol. The van der Waals surface area contributed by atoms with E-state index in [-0.39, 0.29) is 0 Å². The maximum atomic E-state index is 9.89. The van der Waals surface area contributed by atoms with Gasteiger partial charge in [0.1, 0.15) is 6.29 Å². The average molecular weight is 154 g/mol. The molecule has 0 spiro atoms. The first kappa shape index (κ1) is 7.08. The number of hydrogen-bond donors (Lipinski definition) is 0. The summed E-state index contributed by atoms with van der Waals surface area (Å²) < 4.78 is 3.70. The minimum atomic E-state index is 0.735. The molecule has 0 radical (unpaired) electrons. The molecule has 0 N–H and O–H groups in total. The summed E-state index contributed by atoms with van der Waals surface area (Å²) in [6.45, 7) is 1.86. The van der Waals surface area contributed by atoms with E-state index in [0.717, 1.165) is 16.9 Å². The van der Waals surface area contributed by atoms with Crippen molar-refractivity contribution in [2.45, 2.75) is 6.92 Å². The number of allylic oxidation sites excluding steroid dienone is 1. The summed E-state index contributed by atoms with van der Waals surface area (Å²) in [7, 11) is 0. The molecule has 0 bridgehead atoms. The third-order valence-electron chi connectivity index (χ3n) is 1.01. The van der Waals surface area contributed by atoms with Crippen LogP contribution < -0.4 is 0 Å². The first-order chi connectivity index (χ1) is 4.84. The van der Waals surface area contributed by atoms with E-state index in [2.05, 4.69) is 9.59 Å². The van der Waals surface area contributed by atoms with Crippen LogP contribution in [-0.2, 0) is 4.79 Å². The maximum Gasteiger partial charge on any atom is 0.142 e. The highest BCUT2D eigenvalue weighted by Gasteiger charge is 1.95. The third-order valence-corrected chi connectivity index (χ3v) is 1.80. The highest BCUT2D eigenvalue weighted by atomic mass is 32.1. The summed E-state index contributed by atoms with van der Waals surface area (Å²) >= 11 is 1.28. The predicted molar refractivity (Wildman–Crippen MR) is 39.7 cm³/mol. The standard InChI is InChI=1S/C6H6N2OS/c1-5-6(3-2-4-9)10-8-7-5/h2-4H,1H3/b3-2+. The highest BCUT2D eigenvalue weighted by Crippen LogP contribution is 2.09. The fourth-order valence-electron chi connectivity index (χ4n) is 0.519. The van der Waals surface area contributed by atoms with E-state index < -0.39 is 0 Å². The molecule has 0 fully saturated rings. The minimum absolute atomic E-state index is 0.735. The Labute approximate surface area is 62.6 Å². The smallest absolute Gasteiger partial charge is 0.142 e. The van der Waals surface area contributed by atoms with Gasteiger partial charge in [-0.05, 0) is 30.6 Å². The molecule has 1 aromatic rings. The lowest BCUT2D eigenvalue weighted by molar-refractivity contribution is -0.104. The molecule has 1 aromatic heterocycles. The van der Waals surface area contributed by atoms with Gasteiger partial charge in [0.25, 0.3) is 0 Å². The van der Waals surface area contributed by atoms with Crippen LogP contribution >= 0.6 is 11.5 Å². The molecule has 0 aromatic carbocycles. The number of carbonyl (C=O) groups excluding carboxylic acids is 1. The van der Waals surface area contributed by atoms with Crippen molar-refractivity contribution in [3.63, 3.8) is 0 Å². The molecule has 1 rings (SSSR count). The van der Waals surface area contributed by atoms with E-state index in [4.69, 9.17) is 0 Å². The summed E-state index contributed by atoms with van der Waals surface area (Å²) in [5, 5.41) is 3.77. The lowest BCUT2D eigenvalue weighted by atomic mass is 10.4. The lowest BCUT2D eigenvalue weighted by Crippen LogP contribution is -1.72. The van der Waals surface area contributed by atoms with Gasteiger partial charge in [-0.25, -0.2) is 0 Å². The Hall–Kier alpha value is -1.03. The van der Waals surface area contributed by atoms with Crippen LogP contribution in [0.25, 0.3) is 6.08 Å². The van der Waals surface area contributed by atoms with Crippen molar-refractivity contribution in [3.8, 4) is 0 Å². The molecule has 3 nitrogen and oxygen atoms in total. The molecule has 0 saturated heterocycles. The predicted octanol–water partition coefficient (Wildman–Crippen LogP) is 1.06. The molecule has 0 saturated carbocycles. The van der Waals surface area contributed by atoms with E-state index in [1.54, 1.807) is 6.08 Å². The van der Waals surface area contributed by atoms with E-state index in [1.165, 1.54) is 17.6 Å². The first-order valence-electron chi connectivity index (χ1n) is 2.75. The van der Waals surface area contributed by atoms with Crippen molar-refractivity contribution in [2.75, 3.05) is 0 Å². The normalized spacial score (nSPS) is 10.5. The number of rotatable bonds is 2. The molecule has 0 unspecified atom stereocenters. The number of carbonyl (C=O) groups is 1. The highest BCUT2D eigenvalue weighted by molar-refractivity contribution is 7.06. The molecule has 4 heteroatoms. The molecule has 0 aliphatic rings. The topological polar surface area (TPSA) is 42.9 Å². The second-order valence-corrected chi connectivity index (χ2v) is 2.50. The van der Waals surface area contributed by atoms with Crippen LogP contribution in [-0.4, -0.2) is 15.9 Å². The van der Waals surface area contributed by atoms with Gasteiger partial charge in [0, 0.05) is 0 Å². The van der Waals surface area contributed by atoms with Crippen molar-refractivity contribution in [1.82, 2.24) is 9.59 Å². The van der Waals surface area contributed by atoms with Gasteiger partial charge in [0.2, 0.25) is 0 Å². The molecule has 0 amide bonds. The Morgan fingerprint density at radius 2 is 2.40 bits per heavy atom. The van der Waals surface area contributed by atoms with Crippen molar-refractivity contribution >= 4 is 23.9 Å². The van der Waals surface area contributed by atoms with Crippen molar-refractivity contribution in [1.29, 1.82) is 0 Å². The van der Waals surface area contributed by atoms with Gasteiger partial charge >= 0.3 is 0 Å². The molecule has 10 heavy (non-hydrogen) atoms. The van der Waals surface area contributed by atoms with Crippen LogP contribution in [0.2, 0.25) is 0 Å². The number of nitrogens with zero attached hydrogens (tertiary/aromatic N) is 2. The lowest BCUT2D eigenvalue weighted by Gasteiger charge is -1.79.